The molecule has 0 spiro atoms. The Kier molecular flexibility index (Phi) is 77.3. The molecule has 11 unspecified atom stereocenters. The Balaban J connectivity index is -0.000000798. The first kappa shape index (κ1) is 133. The first-order valence-corrected chi connectivity index (χ1v) is 50.8. The van der Waals surface area contributed by atoms with Crippen molar-refractivity contribution in [3.05, 3.63) is 73.2 Å². The van der Waals surface area contributed by atoms with Gasteiger partial charge in [-0.15, -0.1) is 0 Å². The van der Waals surface area contributed by atoms with Gasteiger partial charge in [-0.25, -0.2) is 29.3 Å². The number of carboxylic acids is 12. The van der Waals surface area contributed by atoms with Gasteiger partial charge in [-0.3, -0.25) is 95.9 Å². The Labute approximate surface area is 832 Å². The lowest BCUT2D eigenvalue weighted by molar-refractivity contribution is -0.144. The van der Waals surface area contributed by atoms with E-state index in [1.54, 1.807) is 52.3 Å². The molecule has 0 saturated carbocycles. The predicted molar refractivity (Wildman–Crippen MR) is 515 cm³/mol. The minimum atomic E-state index is -1.26. The van der Waals surface area contributed by atoms with Gasteiger partial charge in [0.05, 0.1) is 36.1 Å². The van der Waals surface area contributed by atoms with E-state index in [0.29, 0.717) is 0 Å². The Morgan fingerprint density at radius 1 is 0.326 bits per heavy atom. The summed E-state index contributed by atoms with van der Waals surface area (Å²) < 4.78 is 0. The fourth-order valence-electron chi connectivity index (χ4n) is 9.12. The average Bonchev–Trinajstić information content (AvgIpc) is 0.899. The number of ketones is 5. The Hall–Kier alpha value is -10.9. The normalized spacial score (nSPS) is 12.6. The van der Waals surface area contributed by atoms with Crippen LogP contribution in [0.3, 0.4) is 0 Å². The Morgan fingerprint density at radius 2 is 0.645 bits per heavy atom. The largest absolute Gasteiger partial charge is 0.481 e. The molecule has 0 bridgehead atoms. The zero-order valence-electron chi connectivity index (χ0n) is 74.6. The van der Waals surface area contributed by atoms with Gasteiger partial charge in [0.2, 0.25) is 41.4 Å². The number of aromatic nitrogens is 3. The lowest BCUT2D eigenvalue weighted by atomic mass is 9.97. The number of amides is 7. The van der Waals surface area contributed by atoms with Crippen molar-refractivity contribution in [3.8, 4) is 0 Å². The predicted octanol–water partition coefficient (Wildman–Crippen LogP) is 1.81. The maximum Gasteiger partial charge on any atom is 0.327 e. The van der Waals surface area contributed by atoms with E-state index in [9.17, 15) is 110 Å². The van der Waals surface area contributed by atoms with Gasteiger partial charge in [0, 0.05) is 144 Å². The molecule has 3 aromatic rings. The molecule has 0 aromatic carbocycles. The molecule has 59 heteroatoms. The molecular formula is C79H113N13O36S10. The monoisotopic (exact) mass is 2140 g/mol. The van der Waals surface area contributed by atoms with Crippen molar-refractivity contribution in [2.24, 2.45) is 40.9 Å². The van der Waals surface area contributed by atoms with Gasteiger partial charge in [-0.1, -0.05) is 72.2 Å². The smallest absolute Gasteiger partial charge is 0.327 e. The number of hydrogen-bond acceptors (Lipinski definition) is 40. The maximum absolute atomic E-state index is 12.4. The summed E-state index contributed by atoms with van der Waals surface area (Å²) in [5.41, 5.74) is 16.0. The second-order valence-corrected chi connectivity index (χ2v) is 38.3. The van der Waals surface area contributed by atoms with Crippen LogP contribution in [-0.2, 0) is 115 Å². The topological polar surface area (TPSA) is 853 Å². The van der Waals surface area contributed by atoms with Crippen LogP contribution in [0.2, 0.25) is 0 Å². The quantitative estimate of drug-likeness (QED) is 0.0218. The van der Waals surface area contributed by atoms with Crippen molar-refractivity contribution >= 4 is 254 Å². The standard InChI is InChI=1S/C19H28N2O10S2.C16H25N3O9S2.C16H21N3O6S2.C11H18N2O6S.C10H8N2S2.C5H9NO3S.C2H4O2/c1-10(22)7-12(18(28)29)3-5-16(25)21-13(15(24)4-6-17(26)27)8-32-33-9-14(19(30)31)20-11(2)23;1-8(20)19-12(16(27)28)7-30-29-6-9(14(24)18-5-13(22)23)4-10(21)2-3-11(17)15(25)26;17-12(16(24)25)5-4-11(20)7-10(15(23)19-8-14(21)22)9-26-27-13-3-1-2-6-18-13;12-8(11(18)19)2-1-7(14)3-6(5-20)10(17)13-4-9(15)16;1-3-7-11-9(5-1)13-14-10-6-2-4-8-12-10;1-3(7)6-4(2-10)5(8)9;1-2(3)4/h12-14H,3-9H2,1-2H3,(H,20,23)(H,21,25)(H,26,27)(H,28,29)(H,30,31);9,11-12H,2-7,17H2,1H3,(H,18,24)(H,19,20)(H,22,23)(H,25,26)(H,27,28);1-3,6,10,12H,4-5,7-9,17H2,(H,19,23)(H,21,22)(H,24,25);6,8,20H,1-5,12H2,(H,13,17)(H,15,16)(H,18,19);1-8H;4,10H,2H2,1H3,(H,6,7)(H,8,9);1H3,(H,3,4). The highest BCUT2D eigenvalue weighted by Gasteiger charge is 2.31. The van der Waals surface area contributed by atoms with Crippen LogP contribution < -0.4 is 54.4 Å². The molecule has 770 valence electrons. The van der Waals surface area contributed by atoms with Crippen LogP contribution in [0.15, 0.2) is 88.3 Å². The van der Waals surface area contributed by atoms with E-state index in [1.165, 1.54) is 49.3 Å². The van der Waals surface area contributed by atoms with Crippen LogP contribution in [-0.4, -0.2) is 320 Å². The molecule has 138 heavy (non-hydrogen) atoms. The van der Waals surface area contributed by atoms with Gasteiger partial charge in [0.1, 0.15) is 94.1 Å². The van der Waals surface area contributed by atoms with Crippen molar-refractivity contribution in [3.63, 3.8) is 0 Å². The molecule has 11 atom stereocenters. The second-order valence-electron chi connectivity index (χ2n) is 27.9. The molecule has 0 aliphatic carbocycles. The zero-order valence-corrected chi connectivity index (χ0v) is 83.0. The fraction of sp³-hybridized carbons (Fsp3) is 0.506. The first-order chi connectivity index (χ1) is 64.6. The highest BCUT2D eigenvalue weighted by molar-refractivity contribution is 8.77. The molecule has 3 heterocycles. The number of carboxylic acid groups (broad SMARTS) is 12. The number of nitrogens with zero attached hydrogens (tertiary/aromatic N) is 3. The van der Waals surface area contributed by atoms with Gasteiger partial charge >= 0.3 is 65.7 Å². The summed E-state index contributed by atoms with van der Waals surface area (Å²) >= 11 is 7.67. The summed E-state index contributed by atoms with van der Waals surface area (Å²) in [6.07, 6.45) is 2.96. The van der Waals surface area contributed by atoms with Crippen molar-refractivity contribution < 1.29 is 176 Å². The van der Waals surface area contributed by atoms with E-state index in [-0.39, 0.29) is 147 Å². The second kappa shape index (κ2) is 80.0. The van der Waals surface area contributed by atoms with Crippen LogP contribution in [0.5, 0.6) is 0 Å². The summed E-state index contributed by atoms with van der Waals surface area (Å²) in [6, 6.07) is 9.47. The number of hydrogen-bond donors (Lipinski definition) is 24. The number of nitrogens with two attached hydrogens (primary N) is 3. The maximum atomic E-state index is 12.4. The van der Waals surface area contributed by atoms with Crippen LogP contribution in [0.25, 0.3) is 0 Å². The number of aliphatic carboxylic acids is 12. The number of nitrogens with one attached hydrogen (secondary N) is 7. The third kappa shape index (κ3) is 77.1. The molecule has 0 aliphatic heterocycles. The van der Waals surface area contributed by atoms with Gasteiger partial charge < -0.3 is 120 Å². The van der Waals surface area contributed by atoms with Gasteiger partial charge in [0.15, 0.2) is 5.78 Å². The lowest BCUT2D eigenvalue weighted by Gasteiger charge is -2.18. The minimum absolute atomic E-state index is 0.00290. The van der Waals surface area contributed by atoms with Crippen molar-refractivity contribution in [1.82, 2.24) is 52.2 Å². The third-order valence-corrected chi connectivity index (χ3v) is 26.2. The van der Waals surface area contributed by atoms with Crippen LogP contribution in [0, 0.1) is 23.7 Å². The number of thiol groups is 2. The van der Waals surface area contributed by atoms with Crippen LogP contribution in [0.4, 0.5) is 0 Å². The number of Topliss-reactive ketones (excluding diaryl/α,β-unsaturated/α-hetero) is 5. The number of carbonyl (C=O) groups excluding carboxylic acids is 12. The summed E-state index contributed by atoms with van der Waals surface area (Å²) in [6.45, 7) is 4.24. The van der Waals surface area contributed by atoms with Crippen LogP contribution in [0.1, 0.15) is 125 Å². The SMILES string of the molecule is CC(=O)CC(CCC(=O)NC(CSSCC(NC(C)=O)C(=O)O)C(=O)CCC(=O)O)C(=O)O.CC(=O)NC(CS)C(=O)O.CC(=O)NC(CSSCC(CC(=O)CCC(N)C(=O)O)C(=O)NCC(=O)O)C(=O)O.CC(=O)O.NC(CCC(=O)CC(CS)C(=O)NCC(=O)O)C(=O)O.NC(CCC(=O)CC(CSSc1ccccn1)C(=O)NCC(=O)O)C(=O)O.c1ccc(SSc2ccccn2)nc1. The molecule has 0 fully saturated rings. The molecule has 0 radical (unpaired) electrons. The summed E-state index contributed by atoms with van der Waals surface area (Å²) in [4.78, 5) is 279. The molecule has 0 aliphatic rings. The first-order valence-electron chi connectivity index (χ1n) is 40.1. The van der Waals surface area contributed by atoms with E-state index in [1.807, 2.05) is 42.5 Å². The van der Waals surface area contributed by atoms with Crippen molar-refractivity contribution in [2.75, 3.05) is 59.9 Å². The molecule has 49 nitrogen and oxygen atoms in total. The van der Waals surface area contributed by atoms with Gasteiger partial charge in [-0.2, -0.15) is 25.3 Å². The highest BCUT2D eigenvalue weighted by Crippen LogP contribution is 2.35. The number of rotatable bonds is 63. The van der Waals surface area contributed by atoms with Crippen LogP contribution >= 0.6 is 112 Å². The zero-order chi connectivity index (χ0) is 106. The van der Waals surface area contributed by atoms with Gasteiger partial charge in [-0.05, 0) is 101 Å². The van der Waals surface area contributed by atoms with Crippen molar-refractivity contribution in [1.29, 1.82) is 0 Å². The fourth-order valence-corrected chi connectivity index (χ4v) is 18.4. The molecule has 3 rings (SSSR count). The molecule has 3 aromatic heterocycles. The van der Waals surface area contributed by atoms with E-state index in [0.717, 1.165) is 65.2 Å². The molecular weight excluding hydrogens is 2030 g/mol. The third-order valence-electron chi connectivity index (χ3n) is 16.0. The lowest BCUT2D eigenvalue weighted by Crippen LogP contribution is -2.43. The van der Waals surface area contributed by atoms with E-state index in [2.05, 4.69) is 77.4 Å². The summed E-state index contributed by atoms with van der Waals surface area (Å²) in [7, 11) is 10.2. The molecule has 25 N–H and O–H groups in total. The Bertz CT molecular complexity index is 4390. The van der Waals surface area contributed by atoms with E-state index in [4.69, 9.17) is 83.3 Å². The van der Waals surface area contributed by atoms with E-state index >= 15 is 0 Å². The summed E-state index contributed by atoms with van der Waals surface area (Å²) in [5.74, 6) is -22.7. The van der Waals surface area contributed by atoms with E-state index < -0.39 is 211 Å². The Morgan fingerprint density at radius 3 is 0.928 bits per heavy atom. The van der Waals surface area contributed by atoms with Gasteiger partial charge in [0.25, 0.3) is 5.97 Å². The average molecular weight is 2140 g/mol. The number of pyridine rings is 3. The summed E-state index contributed by atoms with van der Waals surface area (Å²) in [5, 5.41) is 122. The molecule has 7 amide bonds. The minimum Gasteiger partial charge on any atom is -0.481 e. The van der Waals surface area contributed by atoms with Crippen molar-refractivity contribution in [2.45, 2.75) is 182 Å². The highest BCUT2D eigenvalue weighted by atomic mass is 33.1. The molecule has 0 saturated heterocycles. The number of carbonyl (C=O) groups is 24.